The molecule has 0 radical (unpaired) electrons. The van der Waals surface area contributed by atoms with Crippen molar-refractivity contribution in [3.63, 3.8) is 0 Å². The van der Waals surface area contributed by atoms with Crippen molar-refractivity contribution in [2.45, 2.75) is 52.9 Å². The minimum atomic E-state index is -4.19. The van der Waals surface area contributed by atoms with Crippen LogP contribution < -0.4 is 45.0 Å². The number of hydrogen-bond donors (Lipinski definition) is 3. The molecule has 0 atom stereocenters. The number of allylic oxidation sites excluding steroid dienone is 2. The Morgan fingerprint density at radius 1 is 0.804 bits per heavy atom. The largest absolute Gasteiger partial charge is 1.00 e. The molecule has 51 heavy (non-hydrogen) atoms. The van der Waals surface area contributed by atoms with Crippen LogP contribution in [0.4, 0.5) is 11.4 Å². The van der Waals surface area contributed by atoms with Crippen molar-refractivity contribution in [1.29, 1.82) is 0 Å². The summed E-state index contributed by atoms with van der Waals surface area (Å²) >= 11 is 0. The van der Waals surface area contributed by atoms with Gasteiger partial charge >= 0.3 is 46.5 Å². The van der Waals surface area contributed by atoms with Gasteiger partial charge < -0.3 is 19.3 Å². The summed E-state index contributed by atoms with van der Waals surface area (Å²) in [6.07, 6.45) is 6.88. The number of benzene rings is 2. The van der Waals surface area contributed by atoms with Gasteiger partial charge in [-0.05, 0) is 77.8 Å². The fourth-order valence-corrected chi connectivity index (χ4v) is 6.57. The van der Waals surface area contributed by atoms with Crippen molar-refractivity contribution >= 4 is 65.7 Å². The summed E-state index contributed by atoms with van der Waals surface area (Å²) in [5, 5.41) is 12.1. The molecule has 0 aliphatic heterocycles. The smallest absolute Gasteiger partial charge is 0.506 e. The summed E-state index contributed by atoms with van der Waals surface area (Å²) in [5.74, 6) is -0.428. The zero-order valence-corrected chi connectivity index (χ0v) is 33.6. The molecule has 0 fully saturated rings. The summed E-state index contributed by atoms with van der Waals surface area (Å²) < 4.78 is 75.6. The predicted octanol–water partition coefficient (Wildman–Crippen LogP) is 3.76. The second kappa shape index (κ2) is 17.5. The second-order valence-corrected chi connectivity index (χ2v) is 16.1. The van der Waals surface area contributed by atoms with Crippen LogP contribution >= 0.6 is 0 Å². The zero-order valence-electron chi connectivity index (χ0n) is 29.9. The van der Waals surface area contributed by atoms with Gasteiger partial charge in [0.05, 0.1) is 33.8 Å². The van der Waals surface area contributed by atoms with Gasteiger partial charge in [-0.25, -0.2) is 9.21 Å². The topological polar surface area (TPSA) is 177 Å². The van der Waals surface area contributed by atoms with E-state index in [1.54, 1.807) is 41.3 Å². The van der Waals surface area contributed by atoms with Gasteiger partial charge in [0, 0.05) is 55.2 Å². The molecule has 0 saturated carbocycles. The molecule has 270 valence electrons. The zero-order chi connectivity index (χ0) is 36.9. The van der Waals surface area contributed by atoms with E-state index in [9.17, 15) is 35.8 Å². The molecule has 12 nitrogen and oxygen atoms in total. The fraction of sp³-hybridized carbons (Fsp3) is 0.389. The Bertz CT molecular complexity index is 2150. The Balaban J connectivity index is 0.00000702. The molecule has 15 heteroatoms. The van der Waals surface area contributed by atoms with E-state index in [1.165, 1.54) is 6.08 Å². The molecule has 4 rings (SSSR count). The molecule has 0 amide bonds. The van der Waals surface area contributed by atoms with Crippen LogP contribution in [0.25, 0.3) is 34.1 Å². The van der Waals surface area contributed by atoms with Crippen molar-refractivity contribution in [2.75, 3.05) is 47.5 Å². The Morgan fingerprint density at radius 2 is 1.35 bits per heavy atom. The number of hydrogen-bond acceptors (Lipinski definition) is 9. The minimum Gasteiger partial charge on any atom is -0.506 e. The summed E-state index contributed by atoms with van der Waals surface area (Å²) in [6, 6.07) is 12.7. The standard InChI is InChI=1S/C36H44N2O10S2.Na/c1-6-37(7-2)26-15-17-29-32(23-26)48-35(40)30(34(29)39)13-9-8-12-25-22-33(36(3,4)5)47-31-24-27(14-16-28(25)31)38(18-10-20-49(41,42)43)19-11-21-50(44,45)46;/h8-9,12-17,22-24H,6-7,10-11,18-21H2,1-5H3,(H2-,39,40,41,42,43,44,45,46);/q;+1/p+1. The van der Waals surface area contributed by atoms with Gasteiger partial charge in [-0.3, -0.25) is 9.11 Å². The number of fused-ring (bicyclic) bond motifs is 2. The second-order valence-electron chi connectivity index (χ2n) is 13.0. The van der Waals surface area contributed by atoms with Crippen LogP contribution in [0, 0.1) is 0 Å². The third-order valence-corrected chi connectivity index (χ3v) is 9.83. The summed E-state index contributed by atoms with van der Waals surface area (Å²) in [7, 11) is -8.38. The first-order chi connectivity index (χ1) is 23.4. The van der Waals surface area contributed by atoms with E-state index in [0.717, 1.165) is 29.7 Å². The van der Waals surface area contributed by atoms with Crippen molar-refractivity contribution < 1.29 is 69.4 Å². The molecule has 0 aliphatic carbocycles. The molecule has 0 bridgehead atoms. The van der Waals surface area contributed by atoms with Gasteiger partial charge in [-0.2, -0.15) is 16.8 Å². The minimum absolute atomic E-state index is 0. The number of nitrogens with zero attached hydrogens (tertiary/aromatic N) is 2. The molecule has 4 aromatic rings. The summed E-state index contributed by atoms with van der Waals surface area (Å²) in [6.45, 7) is 12.0. The quantitative estimate of drug-likeness (QED) is 0.0528. The van der Waals surface area contributed by atoms with Crippen LogP contribution in [-0.4, -0.2) is 68.7 Å². The molecule has 3 N–H and O–H groups in total. The van der Waals surface area contributed by atoms with Gasteiger partial charge in [0.15, 0.2) is 0 Å². The molecule has 0 spiro atoms. The van der Waals surface area contributed by atoms with Crippen molar-refractivity contribution in [3.8, 4) is 5.75 Å². The molecule has 0 aliphatic rings. The third kappa shape index (κ3) is 11.6. The van der Waals surface area contributed by atoms with Crippen LogP contribution in [0.3, 0.4) is 0 Å². The van der Waals surface area contributed by atoms with E-state index in [0.29, 0.717) is 28.0 Å². The molecular weight excluding hydrogens is 708 g/mol. The van der Waals surface area contributed by atoms with Crippen molar-refractivity contribution in [2.24, 2.45) is 0 Å². The first-order valence-corrected chi connectivity index (χ1v) is 19.6. The van der Waals surface area contributed by atoms with Crippen LogP contribution in [0.5, 0.6) is 5.75 Å². The maximum Gasteiger partial charge on any atom is 1.00 e. The number of rotatable bonds is 15. The van der Waals surface area contributed by atoms with Crippen molar-refractivity contribution in [1.82, 2.24) is 0 Å². The molecule has 0 saturated heterocycles. The maximum atomic E-state index is 12.9. The van der Waals surface area contributed by atoms with Crippen LogP contribution in [-0.2, 0) is 25.7 Å². The molecule has 2 aromatic carbocycles. The number of anilines is 2. The summed E-state index contributed by atoms with van der Waals surface area (Å²) in [5.41, 5.74) is 2.12. The van der Waals surface area contributed by atoms with Gasteiger partial charge in [0.1, 0.15) is 16.9 Å². The Morgan fingerprint density at radius 3 is 1.90 bits per heavy atom. The van der Waals surface area contributed by atoms with Crippen molar-refractivity contribution in [3.05, 3.63) is 81.9 Å². The van der Waals surface area contributed by atoms with E-state index in [1.807, 2.05) is 58.9 Å². The van der Waals surface area contributed by atoms with Crippen LogP contribution in [0.2, 0.25) is 0 Å². The average molecular weight is 753 g/mol. The fourth-order valence-electron chi connectivity index (χ4n) is 5.58. The maximum absolute atomic E-state index is 12.9. The normalized spacial score (nSPS) is 12.6. The molecule has 2 aromatic heterocycles. The van der Waals surface area contributed by atoms with Crippen LogP contribution in [0.1, 0.15) is 64.3 Å². The van der Waals surface area contributed by atoms with E-state index >= 15 is 0 Å². The predicted molar refractivity (Wildman–Crippen MR) is 199 cm³/mol. The van der Waals surface area contributed by atoms with E-state index < -0.39 is 37.4 Å². The summed E-state index contributed by atoms with van der Waals surface area (Å²) in [4.78, 5) is 16.8. The van der Waals surface area contributed by atoms with Gasteiger partial charge in [0.2, 0.25) is 0 Å². The average Bonchev–Trinajstić information content (AvgIpc) is 3.02. The molecular formula is C36H45N2NaO10S2+2. The Labute approximate surface area is 321 Å². The van der Waals surface area contributed by atoms with Crippen LogP contribution in [0.15, 0.2) is 68.2 Å². The monoisotopic (exact) mass is 752 g/mol. The van der Waals surface area contributed by atoms with Gasteiger partial charge in [0.25, 0.3) is 20.2 Å². The SMILES string of the molecule is CCN(CC)c1ccc2c(O)c(C=CC=Cc3cc(C(C)(C)C)[o+]c4cc(N(CCCS(=O)(=O)O)CCCS(=O)(=O)O)ccc34)c(=O)oc2c1.[Na+]. The Kier molecular flexibility index (Phi) is 14.5. The number of aromatic hydroxyl groups is 1. The van der Waals surface area contributed by atoms with E-state index in [4.69, 9.17) is 8.83 Å². The molecule has 0 unspecified atom stereocenters. The van der Waals surface area contributed by atoms with Gasteiger partial charge in [-0.1, -0.05) is 18.2 Å². The first kappa shape index (κ1) is 42.2. The first-order valence-electron chi connectivity index (χ1n) is 16.4. The van der Waals surface area contributed by atoms with Gasteiger partial charge in [-0.15, -0.1) is 0 Å². The van der Waals surface area contributed by atoms with E-state index in [2.05, 4.69) is 4.90 Å². The molecule has 2 heterocycles. The Hall–Kier alpha value is -3.24. The van der Waals surface area contributed by atoms with E-state index in [-0.39, 0.29) is 72.2 Å². The third-order valence-electron chi connectivity index (χ3n) is 8.22.